The molecule has 43 heavy (non-hydrogen) atoms. The number of carbonyl (C=O) groups excluding carboxylic acids is 4. The summed E-state index contributed by atoms with van der Waals surface area (Å²) in [5, 5.41) is 16.6. The molecule has 4 aromatic rings. The maximum absolute atomic E-state index is 13.1. The summed E-state index contributed by atoms with van der Waals surface area (Å²) in [6.07, 6.45) is 0. The van der Waals surface area contributed by atoms with Crippen molar-refractivity contribution in [2.24, 2.45) is 0 Å². The second-order valence-corrected chi connectivity index (χ2v) is 9.97. The average Bonchev–Trinajstić information content (AvgIpc) is 3.01. The molecule has 0 spiro atoms. The van der Waals surface area contributed by atoms with Crippen LogP contribution in [-0.4, -0.2) is 42.9 Å². The van der Waals surface area contributed by atoms with E-state index in [1.54, 1.807) is 24.3 Å². The zero-order valence-electron chi connectivity index (χ0n) is 22.6. The zero-order valence-corrected chi connectivity index (χ0v) is 24.7. The van der Waals surface area contributed by atoms with Crippen molar-refractivity contribution >= 4 is 63.4 Å². The van der Waals surface area contributed by atoms with Crippen LogP contribution in [0.4, 0.5) is 17.1 Å². The van der Waals surface area contributed by atoms with Crippen LogP contribution in [0.1, 0.15) is 41.4 Å². The number of nitro benzene ring substituents is 1. The molecule has 4 aromatic carbocycles. The topological polar surface area (TPSA) is 163 Å². The Bertz CT molecular complexity index is 1740. The van der Waals surface area contributed by atoms with Gasteiger partial charge in [0.25, 0.3) is 17.5 Å². The zero-order chi connectivity index (χ0) is 31.1. The number of halogens is 1. The normalized spacial score (nSPS) is 10.3. The molecule has 0 saturated carbocycles. The van der Waals surface area contributed by atoms with E-state index in [1.807, 2.05) is 0 Å². The van der Waals surface area contributed by atoms with E-state index in [4.69, 9.17) is 14.2 Å². The first-order chi connectivity index (χ1) is 20.6. The van der Waals surface area contributed by atoms with Gasteiger partial charge in [0.05, 0.1) is 36.0 Å². The Hall–Kier alpha value is -5.31. The van der Waals surface area contributed by atoms with Gasteiger partial charge in [-0.25, -0.2) is 9.59 Å². The van der Waals surface area contributed by atoms with Gasteiger partial charge in [-0.05, 0) is 89.3 Å². The number of non-ortho nitro benzene ring substituents is 1. The molecule has 2 amide bonds. The lowest BCUT2D eigenvalue weighted by Crippen LogP contribution is -2.15. The van der Waals surface area contributed by atoms with Crippen molar-refractivity contribution in [2.75, 3.05) is 24.9 Å². The molecule has 0 unspecified atom stereocenters. The van der Waals surface area contributed by atoms with Gasteiger partial charge in [0.2, 0.25) is 0 Å². The van der Waals surface area contributed by atoms with Crippen molar-refractivity contribution in [1.29, 1.82) is 0 Å². The molecule has 0 bridgehead atoms. The largest absolute Gasteiger partial charge is 0.465 e. The highest BCUT2D eigenvalue weighted by Crippen LogP contribution is 2.34. The van der Waals surface area contributed by atoms with E-state index in [9.17, 15) is 29.3 Å². The molecule has 0 heterocycles. The Morgan fingerprint density at radius 2 is 1.42 bits per heavy atom. The third kappa shape index (κ3) is 7.51. The van der Waals surface area contributed by atoms with Gasteiger partial charge in [0.15, 0.2) is 5.75 Å². The molecule has 0 aliphatic carbocycles. The molecule has 218 valence electrons. The van der Waals surface area contributed by atoms with Crippen molar-refractivity contribution in [3.8, 4) is 11.5 Å². The number of benzene rings is 4. The fourth-order valence-electron chi connectivity index (χ4n) is 3.83. The van der Waals surface area contributed by atoms with Crippen LogP contribution in [0.3, 0.4) is 0 Å². The fourth-order valence-corrected chi connectivity index (χ4v) is 4.19. The van der Waals surface area contributed by atoms with Gasteiger partial charge in [-0.1, -0.05) is 6.07 Å². The van der Waals surface area contributed by atoms with Crippen LogP contribution < -0.4 is 15.4 Å². The summed E-state index contributed by atoms with van der Waals surface area (Å²) in [5.41, 5.74) is 0.372. The third-order valence-corrected chi connectivity index (χ3v) is 6.66. The van der Waals surface area contributed by atoms with Crippen LogP contribution in [0.25, 0.3) is 0 Å². The second-order valence-electron chi connectivity index (χ2n) is 8.73. The molecular formula is C30H22IN3O9. The first-order valence-corrected chi connectivity index (χ1v) is 13.4. The molecule has 12 nitrogen and oxygen atoms in total. The average molecular weight is 695 g/mol. The number of nitro groups is 1. The molecule has 0 fully saturated rings. The summed E-state index contributed by atoms with van der Waals surface area (Å²) in [6.45, 7) is 0. The van der Waals surface area contributed by atoms with Crippen LogP contribution in [-0.2, 0) is 9.47 Å². The van der Waals surface area contributed by atoms with E-state index >= 15 is 0 Å². The van der Waals surface area contributed by atoms with Crippen LogP contribution in [0, 0.1) is 13.7 Å². The van der Waals surface area contributed by atoms with E-state index in [0.717, 1.165) is 16.7 Å². The number of methoxy groups -OCH3 is 2. The summed E-state index contributed by atoms with van der Waals surface area (Å²) < 4.78 is 16.4. The van der Waals surface area contributed by atoms with Crippen molar-refractivity contribution < 1.29 is 38.3 Å². The quantitative estimate of drug-likeness (QED) is 0.0916. The predicted octanol–water partition coefficient (Wildman–Crippen LogP) is 6.07. The molecule has 0 atom stereocenters. The SMILES string of the molecule is COC(=O)c1ccc(Oc2ccc(NC(=O)c3ccc(I)cc3)cc2NC(=O)c2cccc([N+](=O)[O-])c2)cc1C(=O)OC. The standard InChI is InChI=1S/C30H22IN3O9/c1-41-29(37)23-12-11-22(16-24(23)30(38)42-2)43-26-13-10-20(32-27(35)17-6-8-19(31)9-7-17)15-25(26)33-28(36)18-4-3-5-21(14-18)34(39)40/h3-16H,1-2H3,(H,32,35)(H,33,36). The van der Waals surface area contributed by atoms with E-state index in [0.29, 0.717) is 11.3 Å². The van der Waals surface area contributed by atoms with E-state index in [1.165, 1.54) is 61.7 Å². The summed E-state index contributed by atoms with van der Waals surface area (Å²) in [6, 6.07) is 20.5. The summed E-state index contributed by atoms with van der Waals surface area (Å²) >= 11 is 2.12. The highest BCUT2D eigenvalue weighted by molar-refractivity contribution is 14.1. The molecule has 0 aromatic heterocycles. The maximum atomic E-state index is 13.1. The highest BCUT2D eigenvalue weighted by atomic mass is 127. The van der Waals surface area contributed by atoms with Crippen LogP contribution in [0.15, 0.2) is 84.9 Å². The van der Waals surface area contributed by atoms with Gasteiger partial charge in [0.1, 0.15) is 5.75 Å². The van der Waals surface area contributed by atoms with E-state index < -0.39 is 28.7 Å². The number of carbonyl (C=O) groups is 4. The second kappa shape index (κ2) is 13.6. The Balaban J connectivity index is 1.70. The van der Waals surface area contributed by atoms with Gasteiger partial charge in [0, 0.05) is 32.5 Å². The summed E-state index contributed by atoms with van der Waals surface area (Å²) in [4.78, 5) is 61.0. The lowest BCUT2D eigenvalue weighted by atomic mass is 10.1. The lowest BCUT2D eigenvalue weighted by molar-refractivity contribution is -0.384. The summed E-state index contributed by atoms with van der Waals surface area (Å²) in [7, 11) is 2.32. The van der Waals surface area contributed by atoms with Gasteiger partial charge in [-0.3, -0.25) is 19.7 Å². The molecular weight excluding hydrogens is 673 g/mol. The van der Waals surface area contributed by atoms with E-state index in [-0.39, 0.29) is 39.6 Å². The lowest BCUT2D eigenvalue weighted by Gasteiger charge is -2.16. The highest BCUT2D eigenvalue weighted by Gasteiger charge is 2.21. The number of nitrogens with zero attached hydrogens (tertiary/aromatic N) is 1. The fraction of sp³-hybridized carbons (Fsp3) is 0.0667. The van der Waals surface area contributed by atoms with Crippen molar-refractivity contribution in [3.05, 3.63) is 121 Å². The molecule has 0 saturated heterocycles. The number of hydrogen-bond acceptors (Lipinski definition) is 9. The Labute approximate surface area is 258 Å². The van der Waals surface area contributed by atoms with E-state index in [2.05, 4.69) is 33.2 Å². The first kappa shape index (κ1) is 30.6. The molecule has 0 aliphatic heterocycles. The predicted molar refractivity (Wildman–Crippen MR) is 164 cm³/mol. The molecule has 4 rings (SSSR count). The third-order valence-electron chi connectivity index (χ3n) is 5.94. The number of rotatable bonds is 9. The number of esters is 2. The van der Waals surface area contributed by atoms with Crippen molar-refractivity contribution in [2.45, 2.75) is 0 Å². The Morgan fingerprint density at radius 1 is 0.744 bits per heavy atom. The molecule has 13 heteroatoms. The van der Waals surface area contributed by atoms with Crippen LogP contribution >= 0.6 is 22.6 Å². The smallest absolute Gasteiger partial charge is 0.338 e. The van der Waals surface area contributed by atoms with Gasteiger partial charge < -0.3 is 24.8 Å². The van der Waals surface area contributed by atoms with Crippen LogP contribution in [0.5, 0.6) is 11.5 Å². The minimum absolute atomic E-state index is 0.00360. The molecule has 2 N–H and O–H groups in total. The first-order valence-electron chi connectivity index (χ1n) is 12.3. The maximum Gasteiger partial charge on any atom is 0.338 e. The van der Waals surface area contributed by atoms with Crippen molar-refractivity contribution in [3.63, 3.8) is 0 Å². The minimum Gasteiger partial charge on any atom is -0.465 e. The number of hydrogen-bond donors (Lipinski definition) is 2. The Kier molecular flexibility index (Phi) is 9.67. The van der Waals surface area contributed by atoms with Gasteiger partial charge in [-0.2, -0.15) is 0 Å². The Morgan fingerprint density at radius 3 is 2.09 bits per heavy atom. The van der Waals surface area contributed by atoms with Crippen molar-refractivity contribution in [1.82, 2.24) is 0 Å². The molecule has 0 aliphatic rings. The number of amides is 2. The molecule has 0 radical (unpaired) electrons. The van der Waals surface area contributed by atoms with Gasteiger partial charge >= 0.3 is 11.9 Å². The van der Waals surface area contributed by atoms with Crippen LogP contribution in [0.2, 0.25) is 0 Å². The van der Waals surface area contributed by atoms with Gasteiger partial charge in [-0.15, -0.1) is 0 Å². The number of nitrogens with one attached hydrogen (secondary N) is 2. The summed E-state index contributed by atoms with van der Waals surface area (Å²) in [5.74, 6) is -2.46. The number of ether oxygens (including phenoxy) is 3. The monoisotopic (exact) mass is 695 g/mol. The number of anilines is 2. The minimum atomic E-state index is -0.807.